The number of benzene rings is 1. The number of rotatable bonds is 4. The molecule has 8 heteroatoms. The second kappa shape index (κ2) is 7.64. The number of amidine groups is 1. The van der Waals surface area contributed by atoms with Crippen LogP contribution in [0.3, 0.4) is 0 Å². The summed E-state index contributed by atoms with van der Waals surface area (Å²) in [4.78, 5) is 29.2. The van der Waals surface area contributed by atoms with Crippen molar-refractivity contribution in [3.63, 3.8) is 0 Å². The summed E-state index contributed by atoms with van der Waals surface area (Å²) in [6.45, 7) is 1.78. The van der Waals surface area contributed by atoms with Crippen LogP contribution in [0.15, 0.2) is 53.7 Å². The number of halogens is 1. The van der Waals surface area contributed by atoms with Gasteiger partial charge in [-0.2, -0.15) is 0 Å². The smallest absolute Gasteiger partial charge is 0.238 e. The van der Waals surface area contributed by atoms with E-state index in [0.717, 1.165) is 18.8 Å². The maximum atomic E-state index is 12.3. The van der Waals surface area contributed by atoms with Gasteiger partial charge in [-0.15, -0.1) is 0 Å². The Morgan fingerprint density at radius 3 is 2.85 bits per heavy atom. The van der Waals surface area contributed by atoms with Gasteiger partial charge < -0.3 is 5.32 Å². The molecule has 7 nitrogen and oxygen atoms in total. The van der Waals surface area contributed by atoms with Crippen LogP contribution >= 0.6 is 11.6 Å². The Morgan fingerprint density at radius 2 is 2.11 bits per heavy atom. The highest BCUT2D eigenvalue weighted by Gasteiger charge is 2.40. The molecule has 1 amide bonds. The first-order valence-electron chi connectivity index (χ1n) is 8.85. The highest BCUT2D eigenvalue weighted by Crippen LogP contribution is 2.30. The van der Waals surface area contributed by atoms with Crippen LogP contribution < -0.4 is 10.8 Å². The van der Waals surface area contributed by atoms with E-state index in [4.69, 9.17) is 21.4 Å². The van der Waals surface area contributed by atoms with Crippen LogP contribution in [0.4, 0.5) is 5.69 Å². The summed E-state index contributed by atoms with van der Waals surface area (Å²) in [6.07, 6.45) is 3.15. The van der Waals surface area contributed by atoms with Gasteiger partial charge in [-0.05, 0) is 30.3 Å². The quantitative estimate of drug-likeness (QED) is 0.845. The van der Waals surface area contributed by atoms with Gasteiger partial charge in [0.05, 0.1) is 6.54 Å². The van der Waals surface area contributed by atoms with E-state index >= 15 is 0 Å². The number of nitrogens with zero attached hydrogens (tertiary/aromatic N) is 3. The van der Waals surface area contributed by atoms with Crippen molar-refractivity contribution in [3.05, 3.63) is 59.4 Å². The Balaban J connectivity index is 1.31. The molecule has 2 aliphatic rings. The monoisotopic (exact) mass is 385 g/mol. The fraction of sp³-hybridized carbons (Fsp3) is 0.316. The predicted molar refractivity (Wildman–Crippen MR) is 103 cm³/mol. The average molecular weight is 386 g/mol. The first-order chi connectivity index (χ1) is 13.1. The molecule has 140 valence electrons. The second-order valence-electron chi connectivity index (χ2n) is 6.66. The molecule has 0 aliphatic carbocycles. The molecule has 0 unspecified atom stereocenters. The zero-order chi connectivity index (χ0) is 18.7. The summed E-state index contributed by atoms with van der Waals surface area (Å²) in [6, 6.07) is 12.8. The molecule has 0 radical (unpaired) electrons. The van der Waals surface area contributed by atoms with Crippen molar-refractivity contribution in [2.45, 2.75) is 18.6 Å². The molecule has 1 fully saturated rings. The normalized spacial score (nSPS) is 18.8. The van der Waals surface area contributed by atoms with Gasteiger partial charge >= 0.3 is 0 Å². The average Bonchev–Trinajstić information content (AvgIpc) is 3.08. The standard InChI is InChI=1S/C19H20ClN5O2/c20-14-4-3-5-15(12-14)22-17(26)13-25-10-7-19(8-11-25)23-18(24-27-19)16-6-1-2-9-21-16/h1-6,9,12H,7-8,10-11,13H2,(H,22,26)(H,23,24). The molecule has 0 saturated carbocycles. The Kier molecular flexibility index (Phi) is 5.07. The number of hydrogen-bond donors (Lipinski definition) is 2. The number of nitrogens with one attached hydrogen (secondary N) is 2. The van der Waals surface area contributed by atoms with Crippen LogP contribution in [0.25, 0.3) is 0 Å². The van der Waals surface area contributed by atoms with Crippen molar-refractivity contribution in [2.24, 2.45) is 4.99 Å². The van der Waals surface area contributed by atoms with Crippen molar-refractivity contribution in [3.8, 4) is 0 Å². The number of pyridine rings is 1. The summed E-state index contributed by atoms with van der Waals surface area (Å²) >= 11 is 5.95. The second-order valence-corrected chi connectivity index (χ2v) is 7.10. The SMILES string of the molecule is O=C(CN1CCC2(CC1)N=C(c1ccccn1)NO2)Nc1cccc(Cl)c1. The minimum absolute atomic E-state index is 0.0589. The first-order valence-corrected chi connectivity index (χ1v) is 9.23. The van der Waals surface area contributed by atoms with Gasteiger partial charge in [0.2, 0.25) is 5.91 Å². The number of carbonyl (C=O) groups excluding carboxylic acids is 1. The van der Waals surface area contributed by atoms with Crippen LogP contribution in [0.1, 0.15) is 18.5 Å². The van der Waals surface area contributed by atoms with E-state index in [-0.39, 0.29) is 5.91 Å². The molecule has 0 atom stereocenters. The molecule has 2 aromatic rings. The Labute approximate surface area is 162 Å². The third-order valence-electron chi connectivity index (χ3n) is 4.67. The van der Waals surface area contributed by atoms with Crippen LogP contribution in [-0.2, 0) is 9.63 Å². The topological polar surface area (TPSA) is 78.9 Å². The lowest BCUT2D eigenvalue weighted by Crippen LogP contribution is -2.46. The number of piperidine rings is 1. The van der Waals surface area contributed by atoms with Gasteiger partial charge in [0.1, 0.15) is 5.69 Å². The summed E-state index contributed by atoms with van der Waals surface area (Å²) in [7, 11) is 0. The van der Waals surface area contributed by atoms with Gasteiger partial charge in [0.25, 0.3) is 0 Å². The molecule has 4 rings (SSSR count). The molecular weight excluding hydrogens is 366 g/mol. The van der Waals surface area contributed by atoms with E-state index < -0.39 is 5.72 Å². The number of likely N-dealkylation sites (tertiary alicyclic amines) is 1. The first kappa shape index (κ1) is 17.9. The lowest BCUT2D eigenvalue weighted by atomic mass is 10.0. The molecule has 1 saturated heterocycles. The highest BCUT2D eigenvalue weighted by molar-refractivity contribution is 6.30. The summed E-state index contributed by atoms with van der Waals surface area (Å²) < 4.78 is 0. The van der Waals surface area contributed by atoms with Crippen LogP contribution in [0.5, 0.6) is 0 Å². The molecule has 1 spiro atoms. The molecule has 0 bridgehead atoms. The van der Waals surface area contributed by atoms with Gasteiger partial charge in [-0.1, -0.05) is 23.7 Å². The third kappa shape index (κ3) is 4.27. The number of amides is 1. The summed E-state index contributed by atoms with van der Waals surface area (Å²) in [5, 5.41) is 3.47. The van der Waals surface area contributed by atoms with Crippen molar-refractivity contribution >= 4 is 29.0 Å². The summed E-state index contributed by atoms with van der Waals surface area (Å²) in [5.41, 5.74) is 3.79. The molecule has 2 N–H and O–H groups in total. The van der Waals surface area contributed by atoms with E-state index in [1.54, 1.807) is 18.3 Å². The van der Waals surface area contributed by atoms with Gasteiger partial charge in [0, 0.05) is 42.8 Å². The number of hydroxylamine groups is 1. The van der Waals surface area contributed by atoms with E-state index in [1.165, 1.54) is 0 Å². The minimum atomic E-state index is -0.577. The Hall–Kier alpha value is -2.48. The Morgan fingerprint density at radius 1 is 1.26 bits per heavy atom. The fourth-order valence-corrected chi connectivity index (χ4v) is 3.44. The number of anilines is 1. The molecule has 1 aromatic heterocycles. The van der Waals surface area contributed by atoms with Crippen LogP contribution in [0, 0.1) is 0 Å². The maximum Gasteiger partial charge on any atom is 0.238 e. The number of hydrogen-bond acceptors (Lipinski definition) is 6. The van der Waals surface area contributed by atoms with Gasteiger partial charge in [-0.25, -0.2) is 15.3 Å². The maximum absolute atomic E-state index is 12.3. The van der Waals surface area contributed by atoms with Gasteiger partial charge in [0.15, 0.2) is 11.6 Å². The molecule has 27 heavy (non-hydrogen) atoms. The lowest BCUT2D eigenvalue weighted by molar-refractivity contribution is -0.120. The van der Waals surface area contributed by atoms with Crippen LogP contribution in [0.2, 0.25) is 5.02 Å². The van der Waals surface area contributed by atoms with Gasteiger partial charge in [-0.3, -0.25) is 14.7 Å². The fourth-order valence-electron chi connectivity index (χ4n) is 3.25. The molecule has 1 aromatic carbocycles. The third-order valence-corrected chi connectivity index (χ3v) is 4.91. The van der Waals surface area contributed by atoms with E-state index in [2.05, 4.69) is 20.7 Å². The van der Waals surface area contributed by atoms with E-state index in [9.17, 15) is 4.79 Å². The number of aromatic nitrogens is 1. The molecular formula is C19H20ClN5O2. The zero-order valence-corrected chi connectivity index (χ0v) is 15.4. The Bertz CT molecular complexity index is 850. The zero-order valence-electron chi connectivity index (χ0n) is 14.7. The molecule has 3 heterocycles. The van der Waals surface area contributed by atoms with Crippen molar-refractivity contribution in [1.29, 1.82) is 0 Å². The number of carbonyl (C=O) groups is 1. The van der Waals surface area contributed by atoms with Crippen molar-refractivity contribution < 1.29 is 9.63 Å². The predicted octanol–water partition coefficient (Wildman–Crippen LogP) is 2.45. The van der Waals surface area contributed by atoms with Crippen molar-refractivity contribution in [1.82, 2.24) is 15.4 Å². The minimum Gasteiger partial charge on any atom is -0.325 e. The lowest BCUT2D eigenvalue weighted by Gasteiger charge is -2.35. The van der Waals surface area contributed by atoms with Crippen molar-refractivity contribution in [2.75, 3.05) is 25.0 Å². The van der Waals surface area contributed by atoms with E-state index in [1.807, 2.05) is 30.3 Å². The van der Waals surface area contributed by atoms with E-state index in [0.29, 0.717) is 35.9 Å². The summed E-state index contributed by atoms with van der Waals surface area (Å²) in [5.74, 6) is 0.596. The highest BCUT2D eigenvalue weighted by atomic mass is 35.5. The van der Waals surface area contributed by atoms with Crippen LogP contribution in [-0.4, -0.2) is 47.0 Å². The largest absolute Gasteiger partial charge is 0.325 e. The molecule has 2 aliphatic heterocycles. The number of aliphatic imine (C=N–C) groups is 1.